The Labute approximate surface area is 106 Å². The Balaban J connectivity index is 2.20. The van der Waals surface area contributed by atoms with Gasteiger partial charge in [-0.3, -0.25) is 9.78 Å². The van der Waals surface area contributed by atoms with Crippen LogP contribution in [0.5, 0.6) is 0 Å². The monoisotopic (exact) mass is 250 g/mol. The van der Waals surface area contributed by atoms with E-state index in [-0.39, 0.29) is 24.5 Å². The Bertz CT molecular complexity index is 392. The lowest BCUT2D eigenvalue weighted by atomic mass is 10.3. The fourth-order valence-electron chi connectivity index (χ4n) is 1.24. The summed E-state index contributed by atoms with van der Waals surface area (Å²) in [4.78, 5) is 26.6. The van der Waals surface area contributed by atoms with Gasteiger partial charge in [0.1, 0.15) is 0 Å². The highest BCUT2D eigenvalue weighted by molar-refractivity contribution is 5.83. The van der Waals surface area contributed by atoms with Crippen molar-refractivity contribution in [1.82, 2.24) is 20.9 Å². The zero-order valence-electron chi connectivity index (χ0n) is 10.6. The van der Waals surface area contributed by atoms with Gasteiger partial charge < -0.3 is 16.0 Å². The molecular weight excluding hydrogens is 232 g/mol. The van der Waals surface area contributed by atoms with Crippen LogP contribution in [0, 0.1) is 0 Å². The van der Waals surface area contributed by atoms with Crippen molar-refractivity contribution in [2.45, 2.75) is 26.4 Å². The van der Waals surface area contributed by atoms with Gasteiger partial charge in [-0.1, -0.05) is 6.07 Å². The number of hydrogen-bond donors (Lipinski definition) is 3. The summed E-state index contributed by atoms with van der Waals surface area (Å²) >= 11 is 0. The van der Waals surface area contributed by atoms with Crippen molar-refractivity contribution in [3.63, 3.8) is 0 Å². The number of carbonyl (C=O) groups excluding carboxylic acids is 2. The highest BCUT2D eigenvalue weighted by atomic mass is 16.2. The number of nitrogens with one attached hydrogen (secondary N) is 3. The van der Waals surface area contributed by atoms with Gasteiger partial charge in [0.05, 0.1) is 6.54 Å². The largest absolute Gasteiger partial charge is 0.350 e. The summed E-state index contributed by atoms with van der Waals surface area (Å²) in [6.07, 6.45) is 3.35. The molecule has 1 aromatic rings. The average Bonchev–Trinajstić information content (AvgIpc) is 2.34. The van der Waals surface area contributed by atoms with Crippen LogP contribution in [-0.2, 0) is 11.3 Å². The molecule has 0 atom stereocenters. The van der Waals surface area contributed by atoms with E-state index in [1.165, 1.54) is 0 Å². The first kappa shape index (κ1) is 14.0. The maximum atomic E-state index is 11.4. The topological polar surface area (TPSA) is 83.1 Å². The lowest BCUT2D eigenvalue weighted by Crippen LogP contribution is -2.44. The second-order valence-electron chi connectivity index (χ2n) is 4.12. The van der Waals surface area contributed by atoms with E-state index in [1.807, 2.05) is 19.9 Å². The second kappa shape index (κ2) is 7.26. The fraction of sp³-hybridized carbons (Fsp3) is 0.417. The van der Waals surface area contributed by atoms with Crippen LogP contribution in [0.25, 0.3) is 0 Å². The zero-order valence-corrected chi connectivity index (χ0v) is 10.6. The molecule has 0 aliphatic heterocycles. The number of amides is 3. The number of hydrogen-bond acceptors (Lipinski definition) is 3. The second-order valence-corrected chi connectivity index (χ2v) is 4.12. The van der Waals surface area contributed by atoms with E-state index in [0.717, 1.165) is 5.56 Å². The standard InChI is InChI=1S/C12H18N4O2/c1-9(2)16-12(18)15-8-11(17)14-7-10-4-3-5-13-6-10/h3-6,9H,7-8H2,1-2H3,(H,14,17)(H2,15,16,18). The predicted molar refractivity (Wildman–Crippen MR) is 67.8 cm³/mol. The lowest BCUT2D eigenvalue weighted by Gasteiger charge is -2.10. The number of nitrogens with zero attached hydrogens (tertiary/aromatic N) is 1. The summed E-state index contributed by atoms with van der Waals surface area (Å²) in [5.41, 5.74) is 0.914. The van der Waals surface area contributed by atoms with Gasteiger partial charge in [0.25, 0.3) is 0 Å². The van der Waals surface area contributed by atoms with E-state index < -0.39 is 0 Å². The molecular formula is C12H18N4O2. The summed E-state index contributed by atoms with van der Waals surface area (Å²) < 4.78 is 0. The number of aromatic nitrogens is 1. The molecule has 3 N–H and O–H groups in total. The van der Waals surface area contributed by atoms with E-state index in [2.05, 4.69) is 20.9 Å². The Morgan fingerprint density at radius 1 is 1.33 bits per heavy atom. The van der Waals surface area contributed by atoms with E-state index in [1.54, 1.807) is 18.5 Å². The Kier molecular flexibility index (Phi) is 5.63. The number of rotatable bonds is 5. The van der Waals surface area contributed by atoms with Crippen LogP contribution in [0.3, 0.4) is 0 Å². The summed E-state index contributed by atoms with van der Waals surface area (Å²) in [7, 11) is 0. The van der Waals surface area contributed by atoms with Crippen molar-refractivity contribution >= 4 is 11.9 Å². The zero-order chi connectivity index (χ0) is 13.4. The normalized spacial score (nSPS) is 9.94. The molecule has 0 bridgehead atoms. The SMILES string of the molecule is CC(C)NC(=O)NCC(=O)NCc1cccnc1. The van der Waals surface area contributed by atoms with Crippen molar-refractivity contribution < 1.29 is 9.59 Å². The minimum absolute atomic E-state index is 0.0428. The highest BCUT2D eigenvalue weighted by Gasteiger charge is 2.05. The lowest BCUT2D eigenvalue weighted by molar-refractivity contribution is -0.120. The van der Waals surface area contributed by atoms with Gasteiger partial charge in [-0.15, -0.1) is 0 Å². The van der Waals surface area contributed by atoms with Gasteiger partial charge >= 0.3 is 6.03 Å². The van der Waals surface area contributed by atoms with E-state index >= 15 is 0 Å². The van der Waals surface area contributed by atoms with Crippen LogP contribution < -0.4 is 16.0 Å². The van der Waals surface area contributed by atoms with Crippen LogP contribution in [0.1, 0.15) is 19.4 Å². The minimum atomic E-state index is -0.346. The third kappa shape index (κ3) is 5.83. The Hall–Kier alpha value is -2.11. The highest BCUT2D eigenvalue weighted by Crippen LogP contribution is 1.93. The molecule has 0 saturated heterocycles. The molecule has 6 heteroatoms. The van der Waals surface area contributed by atoms with E-state index in [4.69, 9.17) is 0 Å². The van der Waals surface area contributed by atoms with Crippen LogP contribution >= 0.6 is 0 Å². The Morgan fingerprint density at radius 3 is 2.72 bits per heavy atom. The molecule has 0 radical (unpaired) electrons. The molecule has 0 fully saturated rings. The molecule has 0 aliphatic rings. The molecule has 0 saturated carbocycles. The van der Waals surface area contributed by atoms with Crippen LogP contribution in [0.15, 0.2) is 24.5 Å². The number of carbonyl (C=O) groups is 2. The summed E-state index contributed by atoms with van der Waals surface area (Å²) in [6.45, 7) is 4.06. The van der Waals surface area contributed by atoms with Crippen molar-refractivity contribution in [3.05, 3.63) is 30.1 Å². The van der Waals surface area contributed by atoms with Crippen molar-refractivity contribution in [3.8, 4) is 0 Å². The van der Waals surface area contributed by atoms with E-state index in [9.17, 15) is 9.59 Å². The first-order valence-electron chi connectivity index (χ1n) is 5.78. The van der Waals surface area contributed by atoms with Gasteiger partial charge in [-0.05, 0) is 25.5 Å². The quantitative estimate of drug-likeness (QED) is 0.707. The smallest absolute Gasteiger partial charge is 0.315 e. The molecule has 0 aromatic carbocycles. The molecule has 0 spiro atoms. The van der Waals surface area contributed by atoms with Crippen molar-refractivity contribution in [2.75, 3.05) is 6.54 Å². The Morgan fingerprint density at radius 2 is 2.11 bits per heavy atom. The maximum Gasteiger partial charge on any atom is 0.315 e. The summed E-state index contributed by atoms with van der Waals surface area (Å²) in [5.74, 6) is -0.238. The van der Waals surface area contributed by atoms with Crippen LogP contribution in [0.2, 0.25) is 0 Å². The molecule has 1 aromatic heterocycles. The van der Waals surface area contributed by atoms with Crippen molar-refractivity contribution in [2.24, 2.45) is 0 Å². The number of pyridine rings is 1. The van der Waals surface area contributed by atoms with Crippen LogP contribution in [0.4, 0.5) is 4.79 Å². The van der Waals surface area contributed by atoms with E-state index in [0.29, 0.717) is 6.54 Å². The molecule has 0 aliphatic carbocycles. The molecule has 0 unspecified atom stereocenters. The fourth-order valence-corrected chi connectivity index (χ4v) is 1.24. The van der Waals surface area contributed by atoms with Gasteiger partial charge in [-0.2, -0.15) is 0 Å². The number of urea groups is 1. The average molecular weight is 250 g/mol. The molecule has 3 amide bonds. The van der Waals surface area contributed by atoms with Gasteiger partial charge in [0, 0.05) is 25.0 Å². The molecule has 18 heavy (non-hydrogen) atoms. The summed E-state index contributed by atoms with van der Waals surface area (Å²) in [6, 6.07) is 3.37. The molecule has 1 rings (SSSR count). The predicted octanol–water partition coefficient (Wildman–Crippen LogP) is 0.405. The van der Waals surface area contributed by atoms with Crippen LogP contribution in [-0.4, -0.2) is 29.5 Å². The first-order chi connectivity index (χ1) is 8.58. The third-order valence-electron chi connectivity index (χ3n) is 2.04. The van der Waals surface area contributed by atoms with Crippen molar-refractivity contribution in [1.29, 1.82) is 0 Å². The molecule has 6 nitrogen and oxygen atoms in total. The van der Waals surface area contributed by atoms with Gasteiger partial charge in [0.15, 0.2) is 0 Å². The summed E-state index contributed by atoms with van der Waals surface area (Å²) in [5, 5.41) is 7.79. The first-order valence-corrected chi connectivity index (χ1v) is 5.78. The van der Waals surface area contributed by atoms with Gasteiger partial charge in [-0.25, -0.2) is 4.79 Å². The molecule has 98 valence electrons. The third-order valence-corrected chi connectivity index (χ3v) is 2.04. The van der Waals surface area contributed by atoms with Gasteiger partial charge in [0.2, 0.25) is 5.91 Å². The maximum absolute atomic E-state index is 11.4. The minimum Gasteiger partial charge on any atom is -0.350 e. The molecule has 1 heterocycles.